The van der Waals surface area contributed by atoms with E-state index >= 15 is 0 Å². The van der Waals surface area contributed by atoms with Gasteiger partial charge in [-0.25, -0.2) is 0 Å². The largest absolute Gasteiger partial charge is 0.366 e. The Morgan fingerprint density at radius 3 is 2.38 bits per heavy atom. The van der Waals surface area contributed by atoms with Crippen molar-refractivity contribution < 1.29 is 4.79 Å². The Kier molecular flexibility index (Phi) is 3.37. The molecule has 0 saturated carbocycles. The molecule has 0 radical (unpaired) electrons. The number of carbonyl (C=O) groups excluding carboxylic acids is 1. The van der Waals surface area contributed by atoms with Gasteiger partial charge >= 0.3 is 0 Å². The maximum atomic E-state index is 10.7. The van der Waals surface area contributed by atoms with Crippen LogP contribution in [0.15, 0.2) is 24.3 Å². The van der Waals surface area contributed by atoms with Crippen molar-refractivity contribution >= 4 is 18.5 Å². The summed E-state index contributed by atoms with van der Waals surface area (Å²) in [4.78, 5) is 10.7. The molecule has 1 unspecified atom stereocenters. The Morgan fingerprint density at radius 2 is 2.00 bits per heavy atom. The predicted molar refractivity (Wildman–Crippen MR) is 57.1 cm³/mol. The Morgan fingerprint density at radius 1 is 1.46 bits per heavy atom. The lowest BCUT2D eigenvalue weighted by Gasteiger charge is -2.04. The number of amides is 1. The molecule has 1 atom stereocenters. The monoisotopic (exact) mass is 195 g/mol. The minimum atomic E-state index is -0.384. The normalized spacial score (nSPS) is 12.5. The van der Waals surface area contributed by atoms with Gasteiger partial charge in [0, 0.05) is 10.8 Å². The highest BCUT2D eigenvalue weighted by Crippen LogP contribution is 2.08. The van der Waals surface area contributed by atoms with Gasteiger partial charge in [0.05, 0.1) is 0 Å². The number of primary amides is 1. The first-order valence-corrected chi connectivity index (χ1v) is 4.68. The maximum absolute atomic E-state index is 10.7. The first kappa shape index (κ1) is 10.1. The summed E-state index contributed by atoms with van der Waals surface area (Å²) in [6.07, 6.45) is 0.905. The standard InChI is InChI=1S/C10H13NOS/c1-7(13)6-8-2-4-9(5-3-8)10(11)12/h2-5,7,13H,6H2,1H3,(H2,11,12). The summed E-state index contributed by atoms with van der Waals surface area (Å²) in [5.41, 5.74) is 6.84. The fourth-order valence-electron chi connectivity index (χ4n) is 1.15. The van der Waals surface area contributed by atoms with Crippen LogP contribution < -0.4 is 5.73 Å². The van der Waals surface area contributed by atoms with Gasteiger partial charge in [-0.05, 0) is 24.1 Å². The van der Waals surface area contributed by atoms with Crippen LogP contribution in [0.1, 0.15) is 22.8 Å². The van der Waals surface area contributed by atoms with E-state index in [0.717, 1.165) is 6.42 Å². The van der Waals surface area contributed by atoms with Crippen LogP contribution in [0.25, 0.3) is 0 Å². The van der Waals surface area contributed by atoms with E-state index < -0.39 is 0 Å². The maximum Gasteiger partial charge on any atom is 0.248 e. The minimum absolute atomic E-state index is 0.333. The Balaban J connectivity index is 2.75. The zero-order valence-corrected chi connectivity index (χ0v) is 8.42. The number of hydrogen-bond donors (Lipinski definition) is 2. The SMILES string of the molecule is CC(S)Cc1ccc(C(N)=O)cc1. The van der Waals surface area contributed by atoms with Gasteiger partial charge in [-0.2, -0.15) is 12.6 Å². The first-order chi connectivity index (χ1) is 6.09. The highest BCUT2D eigenvalue weighted by atomic mass is 32.1. The lowest BCUT2D eigenvalue weighted by Crippen LogP contribution is -2.10. The Bertz CT molecular complexity index is 292. The fourth-order valence-corrected chi connectivity index (χ4v) is 1.36. The van der Waals surface area contributed by atoms with Gasteiger partial charge in [-0.15, -0.1) is 0 Å². The molecule has 1 aromatic carbocycles. The molecule has 0 aliphatic heterocycles. The molecule has 0 heterocycles. The quantitative estimate of drug-likeness (QED) is 0.708. The van der Waals surface area contributed by atoms with Crippen molar-refractivity contribution in [2.75, 3.05) is 0 Å². The Hall–Kier alpha value is -0.960. The predicted octanol–water partition coefficient (Wildman–Crippen LogP) is 1.65. The Labute approximate surface area is 83.5 Å². The first-order valence-electron chi connectivity index (χ1n) is 4.16. The lowest BCUT2D eigenvalue weighted by molar-refractivity contribution is 0.100. The van der Waals surface area contributed by atoms with Gasteiger partial charge in [0.1, 0.15) is 0 Å². The van der Waals surface area contributed by atoms with E-state index in [1.807, 2.05) is 19.1 Å². The number of thiol groups is 1. The number of hydrogen-bond acceptors (Lipinski definition) is 2. The summed E-state index contributed by atoms with van der Waals surface area (Å²) in [6, 6.07) is 7.31. The molecule has 0 aromatic heterocycles. The molecule has 0 aliphatic carbocycles. The molecular formula is C10H13NOS. The average molecular weight is 195 g/mol. The lowest BCUT2D eigenvalue weighted by atomic mass is 10.1. The van der Waals surface area contributed by atoms with Crippen LogP contribution in [0.2, 0.25) is 0 Å². The van der Waals surface area contributed by atoms with Gasteiger partial charge in [-0.1, -0.05) is 19.1 Å². The van der Waals surface area contributed by atoms with E-state index in [-0.39, 0.29) is 5.91 Å². The summed E-state index contributed by atoms with van der Waals surface area (Å²) in [5, 5.41) is 0.333. The molecule has 1 amide bonds. The molecule has 1 aromatic rings. The second-order valence-electron chi connectivity index (χ2n) is 3.11. The second-order valence-corrected chi connectivity index (χ2v) is 4.00. The van der Waals surface area contributed by atoms with Gasteiger partial charge in [-0.3, -0.25) is 4.79 Å². The molecule has 2 nitrogen and oxygen atoms in total. The smallest absolute Gasteiger partial charge is 0.248 e. The zero-order valence-electron chi connectivity index (χ0n) is 7.53. The summed E-state index contributed by atoms with van der Waals surface area (Å²) >= 11 is 4.28. The van der Waals surface area contributed by atoms with Crippen molar-refractivity contribution in [2.45, 2.75) is 18.6 Å². The third kappa shape index (κ3) is 3.11. The number of carbonyl (C=O) groups is 1. The summed E-state index contributed by atoms with van der Waals surface area (Å²) in [5.74, 6) is -0.384. The van der Waals surface area contributed by atoms with E-state index in [2.05, 4.69) is 12.6 Å². The summed E-state index contributed by atoms with van der Waals surface area (Å²) in [7, 11) is 0. The summed E-state index contributed by atoms with van der Waals surface area (Å²) < 4.78 is 0. The summed E-state index contributed by atoms with van der Waals surface area (Å²) in [6.45, 7) is 2.03. The van der Waals surface area contributed by atoms with E-state index in [4.69, 9.17) is 5.73 Å². The van der Waals surface area contributed by atoms with Crippen LogP contribution in [0.5, 0.6) is 0 Å². The number of rotatable bonds is 3. The van der Waals surface area contributed by atoms with Crippen molar-refractivity contribution in [1.82, 2.24) is 0 Å². The van der Waals surface area contributed by atoms with E-state index in [9.17, 15) is 4.79 Å². The molecule has 0 aliphatic rings. The topological polar surface area (TPSA) is 43.1 Å². The van der Waals surface area contributed by atoms with Crippen molar-refractivity contribution in [2.24, 2.45) is 5.73 Å². The molecule has 2 N–H and O–H groups in total. The molecule has 0 bridgehead atoms. The zero-order chi connectivity index (χ0) is 9.84. The third-order valence-corrected chi connectivity index (χ3v) is 1.95. The second kappa shape index (κ2) is 4.33. The van der Waals surface area contributed by atoms with Crippen LogP contribution in [-0.2, 0) is 6.42 Å². The molecule has 1 rings (SSSR count). The third-order valence-electron chi connectivity index (χ3n) is 1.77. The number of nitrogens with two attached hydrogens (primary N) is 1. The molecule has 3 heteroatoms. The highest BCUT2D eigenvalue weighted by Gasteiger charge is 2.01. The molecule has 0 fully saturated rings. The highest BCUT2D eigenvalue weighted by molar-refractivity contribution is 7.80. The van der Waals surface area contributed by atoms with Crippen LogP contribution in [0.3, 0.4) is 0 Å². The van der Waals surface area contributed by atoms with Crippen molar-refractivity contribution in [3.8, 4) is 0 Å². The number of benzene rings is 1. The van der Waals surface area contributed by atoms with E-state index in [1.54, 1.807) is 12.1 Å². The van der Waals surface area contributed by atoms with E-state index in [1.165, 1.54) is 5.56 Å². The van der Waals surface area contributed by atoms with Gasteiger partial charge in [0.2, 0.25) is 5.91 Å². The minimum Gasteiger partial charge on any atom is -0.366 e. The van der Waals surface area contributed by atoms with Crippen molar-refractivity contribution in [3.05, 3.63) is 35.4 Å². The van der Waals surface area contributed by atoms with Gasteiger partial charge < -0.3 is 5.73 Å². The molecule has 70 valence electrons. The van der Waals surface area contributed by atoms with Crippen LogP contribution in [-0.4, -0.2) is 11.2 Å². The van der Waals surface area contributed by atoms with Crippen LogP contribution in [0.4, 0.5) is 0 Å². The fraction of sp³-hybridized carbons (Fsp3) is 0.300. The van der Waals surface area contributed by atoms with E-state index in [0.29, 0.717) is 10.8 Å². The van der Waals surface area contributed by atoms with Crippen molar-refractivity contribution in [3.63, 3.8) is 0 Å². The van der Waals surface area contributed by atoms with Crippen LogP contribution >= 0.6 is 12.6 Å². The van der Waals surface area contributed by atoms with Gasteiger partial charge in [0.15, 0.2) is 0 Å². The molecular weight excluding hydrogens is 182 g/mol. The average Bonchev–Trinajstić information content (AvgIpc) is 2.04. The molecule has 0 spiro atoms. The molecule has 0 saturated heterocycles. The van der Waals surface area contributed by atoms with Crippen molar-refractivity contribution in [1.29, 1.82) is 0 Å². The molecule has 13 heavy (non-hydrogen) atoms. The van der Waals surface area contributed by atoms with Gasteiger partial charge in [0.25, 0.3) is 0 Å². The van der Waals surface area contributed by atoms with Crippen LogP contribution in [0, 0.1) is 0 Å².